The Morgan fingerprint density at radius 2 is 1.43 bits per heavy atom. The van der Waals surface area contributed by atoms with Gasteiger partial charge in [0, 0.05) is 19.4 Å². The van der Waals surface area contributed by atoms with E-state index in [1.165, 1.54) is 0 Å². The molecule has 0 aromatic rings. The second-order valence-corrected chi connectivity index (χ2v) is 4.58. The van der Waals surface area contributed by atoms with Gasteiger partial charge in [0.15, 0.2) is 0 Å². The Hall–Kier alpha value is -2.58. The van der Waals surface area contributed by atoms with E-state index in [0.717, 1.165) is 38.5 Å². The zero-order valence-corrected chi connectivity index (χ0v) is 13.6. The Morgan fingerprint density at radius 1 is 0.739 bits per heavy atom. The first-order chi connectivity index (χ1) is 11.4. The van der Waals surface area contributed by atoms with Gasteiger partial charge in [0.05, 0.1) is 0 Å². The molecule has 0 aromatic carbocycles. The van der Waals surface area contributed by atoms with E-state index >= 15 is 0 Å². The van der Waals surface area contributed by atoms with Crippen LogP contribution in [0.4, 0.5) is 0 Å². The lowest BCUT2D eigenvalue weighted by Gasteiger charge is -1.89. The van der Waals surface area contributed by atoms with E-state index in [9.17, 15) is 0 Å². The molecule has 0 fully saturated rings. The third-order valence-corrected chi connectivity index (χ3v) is 2.62. The molecule has 1 heteroatoms. The molecule has 0 aliphatic carbocycles. The molecular formula is C22H24O. The molecule has 0 aliphatic heterocycles. The first-order valence-corrected chi connectivity index (χ1v) is 7.91. The van der Waals surface area contributed by atoms with Crippen molar-refractivity contribution in [3.05, 3.63) is 36.5 Å². The van der Waals surface area contributed by atoms with E-state index in [-0.39, 0.29) is 6.61 Å². The average molecular weight is 304 g/mol. The molecule has 23 heavy (non-hydrogen) atoms. The van der Waals surface area contributed by atoms with Gasteiger partial charge in [-0.3, -0.25) is 0 Å². The molecule has 0 bridgehead atoms. The van der Waals surface area contributed by atoms with Gasteiger partial charge in [0.2, 0.25) is 0 Å². The molecule has 0 unspecified atom stereocenters. The van der Waals surface area contributed by atoms with E-state index in [1.807, 2.05) is 24.3 Å². The van der Waals surface area contributed by atoms with Crippen LogP contribution in [0, 0.1) is 47.9 Å². The van der Waals surface area contributed by atoms with E-state index in [1.54, 1.807) is 6.08 Å². The zero-order valence-electron chi connectivity index (χ0n) is 13.6. The fourth-order valence-corrected chi connectivity index (χ4v) is 1.48. The number of rotatable bonds is 9. The molecule has 0 amide bonds. The summed E-state index contributed by atoms with van der Waals surface area (Å²) in [5.74, 6) is 19.6. The molecule has 0 saturated carbocycles. The summed E-state index contributed by atoms with van der Waals surface area (Å²) in [6.45, 7) is 0.196. The summed E-state index contributed by atoms with van der Waals surface area (Å²) in [6.07, 6.45) is 23.2. The number of terminal acetylenes is 1. The Kier molecular flexibility index (Phi) is 17.2. The van der Waals surface area contributed by atoms with Gasteiger partial charge in [-0.1, -0.05) is 48.1 Å². The Morgan fingerprint density at radius 3 is 2.13 bits per heavy atom. The molecule has 0 radical (unpaired) electrons. The average Bonchev–Trinajstić information content (AvgIpc) is 2.57. The molecule has 1 N–H and O–H groups in total. The van der Waals surface area contributed by atoms with Crippen molar-refractivity contribution in [2.45, 2.75) is 44.9 Å². The second kappa shape index (κ2) is 19.4. The normalized spacial score (nSPS) is 9.74. The predicted molar refractivity (Wildman–Crippen MR) is 99.0 cm³/mol. The highest BCUT2D eigenvalue weighted by Gasteiger charge is 1.82. The van der Waals surface area contributed by atoms with Gasteiger partial charge in [-0.25, -0.2) is 0 Å². The van der Waals surface area contributed by atoms with Crippen LogP contribution < -0.4 is 0 Å². The van der Waals surface area contributed by atoms with Crippen LogP contribution in [0.5, 0.6) is 0 Å². The fraction of sp³-hybridized carbons (Fsp3) is 0.364. The highest BCUT2D eigenvalue weighted by molar-refractivity contribution is 5.35. The second-order valence-electron chi connectivity index (χ2n) is 4.58. The van der Waals surface area contributed by atoms with Gasteiger partial charge in [-0.2, -0.15) is 0 Å². The molecule has 118 valence electrons. The summed E-state index contributed by atoms with van der Waals surface area (Å²) in [5.41, 5.74) is 0. The standard InChI is InChI=1S/C22H24O/c1-2-3-4-5-6-7-8-9-10-11-12-13-14-15-16-17-18-19-20-21-22-23/h1,3-4,17-20,23H,5-8,15-16,21-22H2/b4-3-,18-17+,20-19-. The quantitative estimate of drug-likeness (QED) is 0.387. The van der Waals surface area contributed by atoms with Gasteiger partial charge < -0.3 is 5.11 Å². The summed E-state index contributed by atoms with van der Waals surface area (Å²) in [6, 6.07) is 0. The minimum Gasteiger partial charge on any atom is -0.396 e. The van der Waals surface area contributed by atoms with Crippen molar-refractivity contribution in [2.24, 2.45) is 0 Å². The lowest BCUT2D eigenvalue weighted by Crippen LogP contribution is -1.73. The number of hydrogen-bond donors (Lipinski definition) is 1. The SMILES string of the molecule is C#C/C=C\CCCCC#CC#CC#CCC/C=C/C=C\CCO. The van der Waals surface area contributed by atoms with Crippen LogP contribution in [0.15, 0.2) is 36.5 Å². The van der Waals surface area contributed by atoms with Gasteiger partial charge in [-0.05, 0) is 61.9 Å². The van der Waals surface area contributed by atoms with Crippen LogP contribution in [0.1, 0.15) is 44.9 Å². The maximum absolute atomic E-state index is 8.59. The molecule has 0 aromatic heterocycles. The molecule has 0 rings (SSSR count). The Labute approximate surface area is 141 Å². The molecule has 0 atom stereocenters. The van der Waals surface area contributed by atoms with Gasteiger partial charge in [0.1, 0.15) is 0 Å². The first kappa shape index (κ1) is 20.4. The maximum Gasteiger partial charge on any atom is 0.0465 e. The smallest absolute Gasteiger partial charge is 0.0465 e. The summed E-state index contributed by atoms with van der Waals surface area (Å²) >= 11 is 0. The Balaban J connectivity index is 3.64. The van der Waals surface area contributed by atoms with Crippen molar-refractivity contribution in [3.63, 3.8) is 0 Å². The number of aliphatic hydroxyl groups is 1. The maximum atomic E-state index is 8.59. The van der Waals surface area contributed by atoms with Crippen molar-refractivity contribution < 1.29 is 5.11 Å². The lowest BCUT2D eigenvalue weighted by molar-refractivity contribution is 0.302. The summed E-state index contributed by atoms with van der Waals surface area (Å²) in [5, 5.41) is 8.59. The van der Waals surface area contributed by atoms with Crippen LogP contribution in [0.3, 0.4) is 0 Å². The highest BCUT2D eigenvalue weighted by Crippen LogP contribution is 1.99. The van der Waals surface area contributed by atoms with E-state index in [4.69, 9.17) is 11.5 Å². The minimum atomic E-state index is 0.196. The molecule has 0 saturated heterocycles. The van der Waals surface area contributed by atoms with Crippen molar-refractivity contribution in [1.82, 2.24) is 0 Å². The molecular weight excluding hydrogens is 280 g/mol. The third kappa shape index (κ3) is 19.4. The molecule has 0 heterocycles. The van der Waals surface area contributed by atoms with Gasteiger partial charge in [0.25, 0.3) is 0 Å². The highest BCUT2D eigenvalue weighted by atomic mass is 16.2. The van der Waals surface area contributed by atoms with Crippen LogP contribution >= 0.6 is 0 Å². The van der Waals surface area contributed by atoms with Crippen LogP contribution in [0.2, 0.25) is 0 Å². The molecule has 0 aliphatic rings. The Bertz CT molecular complexity index is 592. The van der Waals surface area contributed by atoms with Crippen LogP contribution in [0.25, 0.3) is 0 Å². The third-order valence-electron chi connectivity index (χ3n) is 2.62. The first-order valence-electron chi connectivity index (χ1n) is 7.91. The van der Waals surface area contributed by atoms with Crippen LogP contribution in [-0.2, 0) is 0 Å². The van der Waals surface area contributed by atoms with E-state index < -0.39 is 0 Å². The fourth-order valence-electron chi connectivity index (χ4n) is 1.48. The molecule has 0 spiro atoms. The largest absolute Gasteiger partial charge is 0.396 e. The van der Waals surface area contributed by atoms with Gasteiger partial charge in [-0.15, -0.1) is 6.42 Å². The molecule has 1 nitrogen and oxygen atoms in total. The van der Waals surface area contributed by atoms with Crippen molar-refractivity contribution in [3.8, 4) is 47.9 Å². The summed E-state index contributed by atoms with van der Waals surface area (Å²) in [4.78, 5) is 0. The monoisotopic (exact) mass is 304 g/mol. The number of allylic oxidation sites excluding steroid dienone is 5. The topological polar surface area (TPSA) is 20.2 Å². The van der Waals surface area contributed by atoms with Gasteiger partial charge >= 0.3 is 0 Å². The van der Waals surface area contributed by atoms with E-state index in [2.05, 4.69) is 47.5 Å². The van der Waals surface area contributed by atoms with Crippen molar-refractivity contribution in [2.75, 3.05) is 6.61 Å². The number of unbranched alkanes of at least 4 members (excludes halogenated alkanes) is 4. The predicted octanol–water partition coefficient (Wildman–Crippen LogP) is 4.02. The number of aliphatic hydroxyl groups excluding tert-OH is 1. The van der Waals surface area contributed by atoms with Crippen molar-refractivity contribution >= 4 is 0 Å². The summed E-state index contributed by atoms with van der Waals surface area (Å²) in [7, 11) is 0. The number of hydrogen-bond acceptors (Lipinski definition) is 1. The lowest BCUT2D eigenvalue weighted by atomic mass is 10.2. The van der Waals surface area contributed by atoms with E-state index in [0.29, 0.717) is 6.42 Å². The van der Waals surface area contributed by atoms with Crippen molar-refractivity contribution in [1.29, 1.82) is 0 Å². The zero-order chi connectivity index (χ0) is 16.8. The summed E-state index contributed by atoms with van der Waals surface area (Å²) < 4.78 is 0. The minimum absolute atomic E-state index is 0.196. The van der Waals surface area contributed by atoms with Crippen LogP contribution in [-0.4, -0.2) is 11.7 Å².